The van der Waals surface area contributed by atoms with Gasteiger partial charge in [-0.05, 0) is 141 Å². The molecule has 2 amide bonds. The van der Waals surface area contributed by atoms with Gasteiger partial charge in [-0.15, -0.1) is 0 Å². The lowest BCUT2D eigenvalue weighted by Crippen LogP contribution is -2.56. The number of piperidine rings is 1. The number of ether oxygens (including phenoxy) is 3. The summed E-state index contributed by atoms with van der Waals surface area (Å²) in [7, 11) is 1.86. The number of hydrogen-bond donors (Lipinski definition) is 2. The molecule has 4 aliphatic rings. The molecule has 2 N–H and O–H groups in total. The maximum atomic E-state index is 14.7. The lowest BCUT2D eigenvalue weighted by atomic mass is 9.60. The summed E-state index contributed by atoms with van der Waals surface area (Å²) in [6.07, 6.45) is 12.5. The van der Waals surface area contributed by atoms with Crippen molar-refractivity contribution < 1.29 is 28.6 Å². The summed E-state index contributed by atoms with van der Waals surface area (Å²) in [6, 6.07) is 10.9. The van der Waals surface area contributed by atoms with Gasteiger partial charge in [0, 0.05) is 61.7 Å². The Balaban J connectivity index is 1.25. The van der Waals surface area contributed by atoms with E-state index in [1.54, 1.807) is 4.90 Å². The number of likely N-dealkylation sites (tertiary alicyclic amines) is 1. The first-order valence-electron chi connectivity index (χ1n) is 23.4. The second kappa shape index (κ2) is 20.1. The molecule has 2 unspecified atom stereocenters. The van der Waals surface area contributed by atoms with Gasteiger partial charge in [0.1, 0.15) is 0 Å². The summed E-state index contributed by atoms with van der Waals surface area (Å²) >= 11 is 0. The molecule has 0 radical (unpaired) electrons. The molecule has 0 spiro atoms. The molecule has 1 fully saturated rings. The average molecular weight is 851 g/mol. The lowest BCUT2D eigenvalue weighted by Gasteiger charge is -2.53. The van der Waals surface area contributed by atoms with Gasteiger partial charge in [0.15, 0.2) is 5.79 Å². The van der Waals surface area contributed by atoms with Crippen LogP contribution in [0.3, 0.4) is 0 Å². The Kier molecular flexibility index (Phi) is 15.3. The van der Waals surface area contributed by atoms with E-state index in [0.717, 1.165) is 50.8 Å². The molecule has 2 atom stereocenters. The topological polar surface area (TPSA) is 109 Å². The van der Waals surface area contributed by atoms with Crippen molar-refractivity contribution in [3.05, 3.63) is 92.6 Å². The second-order valence-corrected chi connectivity index (χ2v) is 19.4. The Bertz CT molecular complexity index is 2060. The van der Waals surface area contributed by atoms with E-state index in [1.165, 1.54) is 50.2 Å². The highest BCUT2D eigenvalue weighted by atomic mass is 16.7. The number of allylic oxidation sites excluding steroid dienone is 3. The van der Waals surface area contributed by atoms with Crippen LogP contribution in [0.15, 0.2) is 59.2 Å². The van der Waals surface area contributed by atoms with Gasteiger partial charge in [-0.1, -0.05) is 71.4 Å². The van der Waals surface area contributed by atoms with E-state index in [2.05, 4.69) is 94.4 Å². The molecule has 2 heterocycles. The van der Waals surface area contributed by atoms with Gasteiger partial charge in [-0.2, -0.15) is 0 Å². The van der Waals surface area contributed by atoms with Gasteiger partial charge in [0.25, 0.3) is 12.4 Å². The number of amides is 2. The van der Waals surface area contributed by atoms with Crippen molar-refractivity contribution in [1.29, 1.82) is 0 Å². The molecule has 0 bridgehead atoms. The van der Waals surface area contributed by atoms with Gasteiger partial charge in [-0.25, -0.2) is 0 Å². The molecule has 6 rings (SSSR count). The standard InChI is InChI=1S/C52H74N4O6/c1-11-19-36-30-42-46(41-31-40-35(3)33-50(4,5)56(12-2)44(40)32-43(41)51(6,7)47(42)39-22-15-24-54-48(36)39)37-20-13-14-21-38(37)49(59)55(10)26-16-23-45(58)53-25-17-28-61-52(8,9)62-29-18-27-60-34-57/h13-14,20-21,30-32,34-35,44,54H,11-12,15-19,22-29,33H2,1-10H3,(H,53,58). The lowest BCUT2D eigenvalue weighted by molar-refractivity contribution is -0.214. The van der Waals surface area contributed by atoms with Crippen LogP contribution >= 0.6 is 0 Å². The van der Waals surface area contributed by atoms with E-state index in [9.17, 15) is 14.4 Å². The van der Waals surface area contributed by atoms with Gasteiger partial charge >= 0.3 is 0 Å². The van der Waals surface area contributed by atoms with Crippen LogP contribution < -0.4 is 10.6 Å². The molecule has 10 nitrogen and oxygen atoms in total. The Labute approximate surface area is 371 Å². The molecular formula is C52H74N4O6. The van der Waals surface area contributed by atoms with Crippen LogP contribution in [0.2, 0.25) is 0 Å². The fourth-order valence-corrected chi connectivity index (χ4v) is 10.7. The van der Waals surface area contributed by atoms with E-state index in [4.69, 9.17) is 14.2 Å². The Morgan fingerprint density at radius 2 is 1.77 bits per heavy atom. The third kappa shape index (κ3) is 10.1. The highest BCUT2D eigenvalue weighted by molar-refractivity contribution is 6.04. The quantitative estimate of drug-likeness (QED) is 0.0772. The van der Waals surface area contributed by atoms with Crippen molar-refractivity contribution in [2.75, 3.05) is 58.4 Å². The summed E-state index contributed by atoms with van der Waals surface area (Å²) in [5.74, 6) is -0.438. The number of fused-ring (bicyclic) bond motifs is 5. The number of benzene rings is 2. The summed E-state index contributed by atoms with van der Waals surface area (Å²) < 4.78 is 16.3. The van der Waals surface area contributed by atoms with Crippen molar-refractivity contribution in [3.63, 3.8) is 0 Å². The normalized spacial score (nSPS) is 20.1. The van der Waals surface area contributed by atoms with Crippen LogP contribution in [0.25, 0.3) is 5.57 Å². The number of nitrogens with zero attached hydrogens (tertiary/aromatic N) is 2. The first-order chi connectivity index (χ1) is 29.6. The molecule has 2 aromatic rings. The third-order valence-electron chi connectivity index (χ3n) is 13.6. The van der Waals surface area contributed by atoms with E-state index in [-0.39, 0.29) is 28.8 Å². The molecule has 62 heavy (non-hydrogen) atoms. The Hall–Kier alpha value is -4.25. The zero-order chi connectivity index (χ0) is 44.8. The minimum Gasteiger partial charge on any atom is -0.468 e. The molecule has 10 heteroatoms. The van der Waals surface area contributed by atoms with Crippen LogP contribution in [0.5, 0.6) is 0 Å². The van der Waals surface area contributed by atoms with E-state index < -0.39 is 5.79 Å². The van der Waals surface area contributed by atoms with Gasteiger partial charge in [0.2, 0.25) is 5.91 Å². The Morgan fingerprint density at radius 1 is 1.03 bits per heavy atom. The van der Waals surface area contributed by atoms with Gasteiger partial charge < -0.3 is 29.7 Å². The van der Waals surface area contributed by atoms with Gasteiger partial charge in [0.05, 0.1) is 25.9 Å². The minimum absolute atomic E-state index is 0.0380. The van der Waals surface area contributed by atoms with Crippen LogP contribution in [0.1, 0.15) is 145 Å². The van der Waals surface area contributed by atoms with Crippen molar-refractivity contribution in [2.24, 2.45) is 5.92 Å². The largest absolute Gasteiger partial charge is 0.468 e. The smallest absolute Gasteiger partial charge is 0.293 e. The molecule has 2 aromatic carbocycles. The van der Waals surface area contributed by atoms with Crippen LogP contribution in [-0.4, -0.2) is 98.5 Å². The minimum atomic E-state index is -0.776. The molecule has 0 saturated carbocycles. The molecular weight excluding hydrogens is 777 g/mol. The maximum Gasteiger partial charge on any atom is 0.293 e. The molecule has 338 valence electrons. The van der Waals surface area contributed by atoms with Crippen molar-refractivity contribution >= 4 is 29.5 Å². The number of carbonyl (C=O) groups is 3. The fourth-order valence-electron chi connectivity index (χ4n) is 10.7. The summed E-state index contributed by atoms with van der Waals surface area (Å²) in [6.45, 7) is 24.8. The first kappa shape index (κ1) is 47.2. The van der Waals surface area contributed by atoms with Crippen LogP contribution in [-0.2, 0) is 42.1 Å². The summed E-state index contributed by atoms with van der Waals surface area (Å²) in [5, 5.41) is 6.84. The zero-order valence-corrected chi connectivity index (χ0v) is 39.4. The number of nitrogens with one attached hydrogen (secondary N) is 2. The molecule has 1 saturated heterocycles. The average Bonchev–Trinajstić information content (AvgIpc) is 3.23. The summed E-state index contributed by atoms with van der Waals surface area (Å²) in [5.41, 5.74) is 13.5. The molecule has 2 aliphatic carbocycles. The highest BCUT2D eigenvalue weighted by Gasteiger charge is 2.47. The second-order valence-electron chi connectivity index (χ2n) is 19.4. The van der Waals surface area contributed by atoms with E-state index in [0.29, 0.717) is 76.5 Å². The number of anilines is 1. The maximum absolute atomic E-state index is 14.7. The third-order valence-corrected chi connectivity index (χ3v) is 13.6. The fraction of sp³-hybridized carbons (Fsp3) is 0.596. The number of likely N-dealkylation sites (N-methyl/N-ethyl adjacent to an activating group) is 1. The molecule has 2 aliphatic heterocycles. The molecule has 0 aromatic heterocycles. The number of rotatable bonds is 20. The predicted octanol–water partition coefficient (Wildman–Crippen LogP) is 9.16. The van der Waals surface area contributed by atoms with Crippen LogP contribution in [0.4, 0.5) is 5.69 Å². The van der Waals surface area contributed by atoms with Crippen molar-refractivity contribution in [2.45, 2.75) is 143 Å². The number of aryl methyl sites for hydroxylation is 1. The zero-order valence-electron chi connectivity index (χ0n) is 39.4. The first-order valence-corrected chi connectivity index (χ1v) is 23.4. The number of carbonyl (C=O) groups excluding carboxylic acids is 3. The van der Waals surface area contributed by atoms with Gasteiger partial charge in [-0.3, -0.25) is 19.3 Å². The highest BCUT2D eigenvalue weighted by Crippen LogP contribution is 2.56. The van der Waals surface area contributed by atoms with E-state index in [1.807, 2.05) is 33.0 Å². The monoisotopic (exact) mass is 851 g/mol. The van der Waals surface area contributed by atoms with Crippen molar-refractivity contribution in [3.8, 4) is 0 Å². The number of hydrogen-bond acceptors (Lipinski definition) is 8. The summed E-state index contributed by atoms with van der Waals surface area (Å²) in [4.78, 5) is 42.3. The van der Waals surface area contributed by atoms with Crippen molar-refractivity contribution in [1.82, 2.24) is 15.1 Å². The SMILES string of the molecule is CCCc1cc2c(c3c1NCCC3)C(C)(C)C1=CC3C(=CC1=C2c1ccccc1C(=O)N(C)CCCC(=O)NCCCOC(C)(C)OCCCOC=O)C(C)CC(C)(C)N3CC. The van der Waals surface area contributed by atoms with E-state index >= 15 is 0 Å². The Morgan fingerprint density at radius 3 is 2.50 bits per heavy atom. The predicted molar refractivity (Wildman–Crippen MR) is 249 cm³/mol. The van der Waals surface area contributed by atoms with Crippen LogP contribution in [0, 0.1) is 5.92 Å².